The largest absolute Gasteiger partial charge is 0.489 e. The highest BCUT2D eigenvalue weighted by atomic mass is 16.7. The van der Waals surface area contributed by atoms with Crippen LogP contribution in [0, 0.1) is 17.8 Å². The number of hydrogen-bond donors (Lipinski definition) is 4. The summed E-state index contributed by atoms with van der Waals surface area (Å²) in [4.78, 5) is 14.2. The van der Waals surface area contributed by atoms with Gasteiger partial charge in [-0.1, -0.05) is 20.8 Å². The molecule has 4 N–H and O–H groups in total. The van der Waals surface area contributed by atoms with Crippen molar-refractivity contribution in [3.05, 3.63) is 11.3 Å². The monoisotopic (exact) mass is 759 g/mol. The van der Waals surface area contributed by atoms with E-state index in [0.29, 0.717) is 23.1 Å². The number of esters is 1. The minimum Gasteiger partial charge on any atom is -0.489 e. The Hall–Kier alpha value is -1.39. The summed E-state index contributed by atoms with van der Waals surface area (Å²) in [6.07, 6.45) is -7.31. The molecule has 0 unspecified atom stereocenters. The van der Waals surface area contributed by atoms with E-state index in [4.69, 9.17) is 33.2 Å². The van der Waals surface area contributed by atoms with Crippen LogP contribution in [-0.2, 0) is 38.0 Å². The van der Waals surface area contributed by atoms with E-state index in [1.54, 1.807) is 34.6 Å². The lowest BCUT2D eigenvalue weighted by Gasteiger charge is -2.50. The molecule has 0 spiro atoms. The van der Waals surface area contributed by atoms with E-state index in [0.717, 1.165) is 18.7 Å². The molecule has 0 aliphatic carbocycles. The fourth-order valence-electron chi connectivity index (χ4n) is 9.53. The number of methoxy groups -OCH3 is 1. The van der Waals surface area contributed by atoms with Gasteiger partial charge in [0.15, 0.2) is 18.7 Å². The Labute approximate surface area is 317 Å². The molecule has 0 radical (unpaired) electrons. The SMILES string of the molecule is CC[C@H]1OC(=O)[C@H](C)[C@@H](O[C@H]2C[C@@](C)(OC)[C@@H](O)[C@H](C)O2)[C@H](C)[C@@H](O[C@@H]2O[C@H](C)C[C@H]([N+](C)(CC)CC)[C@H]2O)[C@@]2(C)CC(C)=C(O2)[C@H](C)[C@@H](O)[C@]1(C)O. The lowest BCUT2D eigenvalue weighted by Crippen LogP contribution is -2.65. The second-order valence-electron chi connectivity index (χ2n) is 17.5. The number of cyclic esters (lactones) is 1. The van der Waals surface area contributed by atoms with Gasteiger partial charge < -0.3 is 58.1 Å². The molecule has 4 aliphatic heterocycles. The Morgan fingerprint density at radius 2 is 1.55 bits per heavy atom. The Morgan fingerprint density at radius 3 is 2.11 bits per heavy atom. The van der Waals surface area contributed by atoms with E-state index in [1.807, 2.05) is 27.7 Å². The second-order valence-corrected chi connectivity index (χ2v) is 17.5. The molecule has 17 atom stereocenters. The second kappa shape index (κ2) is 16.6. The Kier molecular flexibility index (Phi) is 13.9. The number of hydrogen-bond acceptors (Lipinski definition) is 12. The van der Waals surface area contributed by atoms with Gasteiger partial charge in [0.1, 0.15) is 41.3 Å². The van der Waals surface area contributed by atoms with Crippen molar-refractivity contribution in [2.45, 2.75) is 193 Å². The van der Waals surface area contributed by atoms with Gasteiger partial charge in [-0.25, -0.2) is 0 Å². The van der Waals surface area contributed by atoms with Gasteiger partial charge in [0.25, 0.3) is 0 Å². The zero-order valence-electron chi connectivity index (χ0n) is 34.8. The average Bonchev–Trinajstić information content (AvgIpc) is 3.43. The highest BCUT2D eigenvalue weighted by Gasteiger charge is 2.57. The van der Waals surface area contributed by atoms with Crippen LogP contribution in [0.2, 0.25) is 0 Å². The smallest absolute Gasteiger partial charge is 0.311 e. The Balaban J connectivity index is 1.85. The molecule has 13 heteroatoms. The third-order valence-corrected chi connectivity index (χ3v) is 13.5. The number of ether oxygens (including phenoxy) is 7. The predicted octanol–water partition coefficient (Wildman–Crippen LogP) is 3.82. The quantitative estimate of drug-likeness (QED) is 0.199. The van der Waals surface area contributed by atoms with Gasteiger partial charge in [-0.15, -0.1) is 0 Å². The first-order chi connectivity index (χ1) is 24.5. The van der Waals surface area contributed by atoms with E-state index >= 15 is 0 Å². The molecule has 0 saturated carbocycles. The molecule has 0 aromatic heterocycles. The maximum atomic E-state index is 14.2. The fourth-order valence-corrected chi connectivity index (χ4v) is 9.53. The zero-order valence-corrected chi connectivity index (χ0v) is 34.8. The molecule has 0 amide bonds. The zero-order chi connectivity index (χ0) is 40.0. The molecule has 0 aromatic rings. The maximum absolute atomic E-state index is 14.2. The molecule has 4 rings (SSSR count). The summed E-state index contributed by atoms with van der Waals surface area (Å²) in [6.45, 7) is 24.0. The lowest BCUT2D eigenvalue weighted by atomic mass is 9.78. The van der Waals surface area contributed by atoms with Crippen LogP contribution in [0.4, 0.5) is 0 Å². The highest BCUT2D eigenvalue weighted by molar-refractivity contribution is 5.73. The number of carbonyl (C=O) groups is 1. The number of nitrogens with zero attached hydrogens (tertiary/aromatic N) is 1. The number of likely N-dealkylation sites (N-methyl/N-ethyl adjacent to an activating group) is 1. The van der Waals surface area contributed by atoms with Crippen molar-refractivity contribution in [1.82, 2.24) is 0 Å². The van der Waals surface area contributed by atoms with Gasteiger partial charge in [-0.3, -0.25) is 4.79 Å². The Morgan fingerprint density at radius 1 is 0.925 bits per heavy atom. The minimum absolute atomic E-state index is 0.156. The average molecular weight is 759 g/mol. The van der Waals surface area contributed by atoms with Crippen molar-refractivity contribution < 1.29 is 62.9 Å². The third kappa shape index (κ3) is 8.50. The highest BCUT2D eigenvalue weighted by Crippen LogP contribution is 2.47. The number of fused-ring (bicyclic) bond motifs is 2. The van der Waals surface area contributed by atoms with Crippen LogP contribution in [0.1, 0.15) is 109 Å². The molecule has 4 heterocycles. The molecule has 3 saturated heterocycles. The van der Waals surface area contributed by atoms with Gasteiger partial charge in [-0.2, -0.15) is 0 Å². The van der Waals surface area contributed by atoms with Gasteiger partial charge in [0.05, 0.1) is 56.1 Å². The molecule has 2 bridgehead atoms. The molecule has 4 aliphatic rings. The Bertz CT molecular complexity index is 1290. The van der Waals surface area contributed by atoms with E-state index in [2.05, 4.69) is 20.9 Å². The number of carbonyl (C=O) groups excluding carboxylic acids is 1. The third-order valence-electron chi connectivity index (χ3n) is 13.5. The number of aliphatic hydroxyl groups excluding tert-OH is 3. The summed E-state index contributed by atoms with van der Waals surface area (Å²) in [6, 6.07) is -0.156. The molecule has 0 aromatic carbocycles. The summed E-state index contributed by atoms with van der Waals surface area (Å²) < 4.78 is 45.8. The van der Waals surface area contributed by atoms with Gasteiger partial charge in [0, 0.05) is 38.2 Å². The topological polar surface area (TPSA) is 163 Å². The summed E-state index contributed by atoms with van der Waals surface area (Å²) in [7, 11) is 3.68. The number of quaternary nitrogens is 1. The van der Waals surface area contributed by atoms with Crippen molar-refractivity contribution >= 4 is 5.97 Å². The molecule has 53 heavy (non-hydrogen) atoms. The van der Waals surface area contributed by atoms with Crippen LogP contribution in [0.3, 0.4) is 0 Å². The first-order valence-electron chi connectivity index (χ1n) is 19.9. The van der Waals surface area contributed by atoms with Crippen molar-refractivity contribution in [1.29, 1.82) is 0 Å². The van der Waals surface area contributed by atoms with Gasteiger partial charge in [-0.05, 0) is 74.3 Å². The van der Waals surface area contributed by atoms with Gasteiger partial charge >= 0.3 is 5.97 Å². The summed E-state index contributed by atoms with van der Waals surface area (Å²) in [5, 5.41) is 46.5. The number of aliphatic hydroxyl groups is 4. The summed E-state index contributed by atoms with van der Waals surface area (Å²) in [5.74, 6) is -2.31. The van der Waals surface area contributed by atoms with Gasteiger partial charge in [0.2, 0.25) is 0 Å². The minimum atomic E-state index is -1.82. The van der Waals surface area contributed by atoms with Crippen LogP contribution < -0.4 is 0 Å². The van der Waals surface area contributed by atoms with E-state index in [9.17, 15) is 25.2 Å². The van der Waals surface area contributed by atoms with Crippen LogP contribution in [-0.4, -0.2) is 142 Å². The number of rotatable bonds is 9. The van der Waals surface area contributed by atoms with Crippen molar-refractivity contribution in [3.63, 3.8) is 0 Å². The summed E-state index contributed by atoms with van der Waals surface area (Å²) in [5.41, 5.74) is -3.00. The van der Waals surface area contributed by atoms with Crippen LogP contribution in [0.25, 0.3) is 0 Å². The molecular formula is C40H72NO12+. The van der Waals surface area contributed by atoms with E-state index in [-0.39, 0.29) is 25.0 Å². The van der Waals surface area contributed by atoms with E-state index < -0.39 is 95.8 Å². The fraction of sp³-hybridized carbons (Fsp3) is 0.925. The van der Waals surface area contributed by atoms with Crippen LogP contribution >= 0.6 is 0 Å². The van der Waals surface area contributed by atoms with Crippen LogP contribution in [0.5, 0.6) is 0 Å². The predicted molar refractivity (Wildman–Crippen MR) is 197 cm³/mol. The molecule has 3 fully saturated rings. The molecular weight excluding hydrogens is 686 g/mol. The first kappa shape index (κ1) is 44.3. The van der Waals surface area contributed by atoms with Crippen LogP contribution in [0.15, 0.2) is 11.3 Å². The first-order valence-corrected chi connectivity index (χ1v) is 19.9. The lowest BCUT2D eigenvalue weighted by molar-refractivity contribution is -0.936. The summed E-state index contributed by atoms with van der Waals surface area (Å²) >= 11 is 0. The van der Waals surface area contributed by atoms with E-state index in [1.165, 1.54) is 14.0 Å². The molecule has 13 nitrogen and oxygen atoms in total. The van der Waals surface area contributed by atoms with Crippen molar-refractivity contribution in [2.75, 3.05) is 27.2 Å². The standard InChI is InChI=1S/C40H72NO12/c1-15-28-40(12,46)33(43)23(6)31-21(4)19-39(11,53-31)35(52-37-30(42)27(18-22(5)48-37)41(13,16-2)17-3)24(7)32(25(8)36(45)50-28)51-29-20-38(10,47-14)34(44)26(9)49-29/h22-30,32-35,37,42-44,46H,15-20H2,1-14H3/q+1/t22-,23+,24+,25-,26+,27+,28-,29+,30-,32+,33-,34+,35-,37+,38-,39-,40-/m1/s1. The molecule has 308 valence electrons. The normalized spacial score (nSPS) is 47.6. The maximum Gasteiger partial charge on any atom is 0.311 e. The van der Waals surface area contributed by atoms with Crippen molar-refractivity contribution in [3.8, 4) is 0 Å². The van der Waals surface area contributed by atoms with Crippen molar-refractivity contribution in [2.24, 2.45) is 17.8 Å².